The van der Waals surface area contributed by atoms with Gasteiger partial charge in [-0.25, -0.2) is 5.14 Å². The lowest BCUT2D eigenvalue weighted by atomic mass is 9.52. The van der Waals surface area contributed by atoms with E-state index in [9.17, 15) is 8.42 Å². The Bertz CT molecular complexity index is 997. The quantitative estimate of drug-likeness (QED) is 0.489. The summed E-state index contributed by atoms with van der Waals surface area (Å²) in [5, 5.41) is 9.15. The molecule has 4 N–H and O–H groups in total. The van der Waals surface area contributed by atoms with Crippen LogP contribution in [0.25, 0.3) is 0 Å². The van der Waals surface area contributed by atoms with Gasteiger partial charge in [0, 0.05) is 18.0 Å². The highest BCUT2D eigenvalue weighted by Crippen LogP contribution is 2.65. The van der Waals surface area contributed by atoms with Gasteiger partial charge in [-0.15, -0.1) is 0 Å². The summed E-state index contributed by atoms with van der Waals surface area (Å²) in [5.74, 6) is 4.13. The van der Waals surface area contributed by atoms with E-state index >= 15 is 0 Å². The summed E-state index contributed by atoms with van der Waals surface area (Å²) in [6, 6.07) is 0.526. The van der Waals surface area contributed by atoms with Crippen molar-refractivity contribution in [3.05, 3.63) is 11.1 Å². The van der Waals surface area contributed by atoms with Crippen molar-refractivity contribution in [2.45, 2.75) is 116 Å². The number of rotatable bonds is 2. The van der Waals surface area contributed by atoms with Crippen LogP contribution in [0.2, 0.25) is 0 Å². The molecule has 4 aliphatic carbocycles. The zero-order chi connectivity index (χ0) is 24.8. The predicted molar refractivity (Wildman–Crippen MR) is 139 cm³/mol. The molecule has 3 saturated carbocycles. The molecule has 0 bridgehead atoms. The van der Waals surface area contributed by atoms with E-state index in [-0.39, 0.29) is 11.6 Å². The zero-order valence-electron chi connectivity index (χ0n) is 22.2. The Morgan fingerprint density at radius 2 is 1.91 bits per heavy atom. The third-order valence-electron chi connectivity index (χ3n) is 12.0. The molecule has 35 heavy (non-hydrogen) atoms. The van der Waals surface area contributed by atoms with Crippen LogP contribution >= 0.6 is 0 Å². The van der Waals surface area contributed by atoms with Gasteiger partial charge in [0.2, 0.25) is 0 Å². The third kappa shape index (κ3) is 4.07. The maximum absolute atomic E-state index is 11.6. The van der Waals surface area contributed by atoms with E-state index in [1.807, 2.05) is 0 Å². The molecule has 2 aliphatic heterocycles. The van der Waals surface area contributed by atoms with Crippen molar-refractivity contribution in [2.75, 3.05) is 6.54 Å². The summed E-state index contributed by atoms with van der Waals surface area (Å²) in [6.07, 6.45) is 11.9. The van der Waals surface area contributed by atoms with Crippen LogP contribution in [-0.2, 0) is 14.9 Å². The first-order valence-electron chi connectivity index (χ1n) is 14.4. The molecule has 5 fully saturated rings. The van der Waals surface area contributed by atoms with E-state index in [0.29, 0.717) is 35.3 Å². The average Bonchev–Trinajstić information content (AvgIpc) is 3.23. The van der Waals surface area contributed by atoms with Crippen molar-refractivity contribution < 1.29 is 13.2 Å². The number of hydrogen-bond acceptors (Lipinski definition) is 4. The number of hydrogen-bond donors (Lipinski definition) is 3. The summed E-state index contributed by atoms with van der Waals surface area (Å²) in [6.45, 7) is 10.9. The molecule has 2 heterocycles. The van der Waals surface area contributed by atoms with Crippen LogP contribution in [0.3, 0.4) is 0 Å². The van der Waals surface area contributed by atoms with Crippen molar-refractivity contribution in [3.63, 3.8) is 0 Å². The first-order chi connectivity index (χ1) is 16.5. The molecule has 0 radical (unpaired) electrons. The Morgan fingerprint density at radius 3 is 2.69 bits per heavy atom. The average molecular weight is 506 g/mol. The van der Waals surface area contributed by atoms with Crippen LogP contribution < -0.4 is 15.2 Å². The molecule has 0 aromatic heterocycles. The number of nitrogens with two attached hydrogens (primary N) is 1. The number of ether oxygens (including phenoxy) is 1. The summed E-state index contributed by atoms with van der Waals surface area (Å²) in [7, 11) is -3.63. The van der Waals surface area contributed by atoms with Gasteiger partial charge in [-0.1, -0.05) is 31.9 Å². The van der Waals surface area contributed by atoms with Crippen LogP contribution in [0.5, 0.6) is 0 Å². The highest BCUT2D eigenvalue weighted by molar-refractivity contribution is 7.87. The number of fused-ring (bicyclic) bond motifs is 6. The lowest BCUT2D eigenvalue weighted by Crippen LogP contribution is -2.51. The van der Waals surface area contributed by atoms with Gasteiger partial charge < -0.3 is 10.1 Å². The second kappa shape index (κ2) is 8.52. The minimum absolute atomic E-state index is 0.00757. The molecule has 6 rings (SSSR count). The molecule has 6 aliphatic rings. The second-order valence-electron chi connectivity index (χ2n) is 13.8. The van der Waals surface area contributed by atoms with Gasteiger partial charge in [-0.2, -0.15) is 13.1 Å². The Labute approximate surface area is 212 Å². The molecule has 0 unspecified atom stereocenters. The topological polar surface area (TPSA) is 93.5 Å². The van der Waals surface area contributed by atoms with E-state index < -0.39 is 10.2 Å². The van der Waals surface area contributed by atoms with E-state index in [1.54, 1.807) is 11.1 Å². The number of nitrogens with one attached hydrogen (secondary N) is 2. The smallest absolute Gasteiger partial charge is 0.274 e. The van der Waals surface area contributed by atoms with Crippen LogP contribution in [0, 0.1) is 40.9 Å². The molecule has 11 atom stereocenters. The molecule has 6 nitrogen and oxygen atoms in total. The van der Waals surface area contributed by atoms with Crippen LogP contribution in [-0.4, -0.2) is 38.8 Å². The minimum atomic E-state index is -3.63. The van der Waals surface area contributed by atoms with Gasteiger partial charge in [-0.05, 0) is 113 Å². The van der Waals surface area contributed by atoms with E-state index in [0.717, 1.165) is 50.0 Å². The van der Waals surface area contributed by atoms with E-state index in [4.69, 9.17) is 9.88 Å². The third-order valence-corrected chi connectivity index (χ3v) is 12.6. The first-order valence-corrected chi connectivity index (χ1v) is 15.9. The fraction of sp³-hybridized carbons (Fsp3) is 0.929. The van der Waals surface area contributed by atoms with Gasteiger partial charge in [0.15, 0.2) is 0 Å². The van der Waals surface area contributed by atoms with E-state index in [1.165, 1.54) is 38.5 Å². The fourth-order valence-electron chi connectivity index (χ4n) is 10.2. The number of piperidine rings is 1. The highest BCUT2D eigenvalue weighted by Gasteiger charge is 2.59. The summed E-state index contributed by atoms with van der Waals surface area (Å²) in [4.78, 5) is 0. The molecule has 198 valence electrons. The monoisotopic (exact) mass is 505 g/mol. The molecule has 2 saturated heterocycles. The maximum atomic E-state index is 11.6. The lowest BCUT2D eigenvalue weighted by Gasteiger charge is -2.54. The standard InChI is InChI=1S/C28H47N3O3S/c1-16-11-25-26(30-15-16)18(3)28(34-25)10-8-21-22-6-5-19-12-20(31-35(29,32)33)7-9-27(19,4)24(22)13-23(21)17(2)14-28/h16,18-22,24-26,30-31H,5-15H2,1-4H3,(H2,29,32,33)/t16-,18+,19+,20-,21-,22-,24-,25+,26-,27-,28-/m0/s1. The van der Waals surface area contributed by atoms with Gasteiger partial charge in [0.05, 0.1) is 11.7 Å². The van der Waals surface area contributed by atoms with Crippen molar-refractivity contribution in [1.82, 2.24) is 10.0 Å². The van der Waals surface area contributed by atoms with Crippen molar-refractivity contribution in [3.8, 4) is 0 Å². The summed E-state index contributed by atoms with van der Waals surface area (Å²) >= 11 is 0. The first kappa shape index (κ1) is 24.8. The van der Waals surface area contributed by atoms with Gasteiger partial charge >= 0.3 is 0 Å². The molecular formula is C28H47N3O3S. The maximum Gasteiger partial charge on any atom is 0.274 e. The lowest BCUT2D eigenvalue weighted by molar-refractivity contribution is -0.0746. The molecule has 1 spiro atoms. The molecule has 0 aromatic carbocycles. The molecule has 0 amide bonds. The normalized spacial score (nSPS) is 52.0. The van der Waals surface area contributed by atoms with Gasteiger partial charge in [0.1, 0.15) is 0 Å². The Hall–Kier alpha value is -0.470. The zero-order valence-corrected chi connectivity index (χ0v) is 23.0. The summed E-state index contributed by atoms with van der Waals surface area (Å²) < 4.78 is 33.0. The molecule has 0 aromatic rings. The second-order valence-corrected chi connectivity index (χ2v) is 15.1. The van der Waals surface area contributed by atoms with Crippen LogP contribution in [0.15, 0.2) is 11.1 Å². The van der Waals surface area contributed by atoms with Crippen LogP contribution in [0.1, 0.15) is 91.9 Å². The highest BCUT2D eigenvalue weighted by atomic mass is 32.2. The fourth-order valence-corrected chi connectivity index (χ4v) is 10.8. The van der Waals surface area contributed by atoms with E-state index in [2.05, 4.69) is 37.7 Å². The summed E-state index contributed by atoms with van der Waals surface area (Å²) in [5.41, 5.74) is 3.74. The minimum Gasteiger partial charge on any atom is -0.369 e. The van der Waals surface area contributed by atoms with Gasteiger partial charge in [0.25, 0.3) is 10.2 Å². The van der Waals surface area contributed by atoms with Crippen molar-refractivity contribution in [1.29, 1.82) is 0 Å². The number of allylic oxidation sites excluding steroid dienone is 1. The van der Waals surface area contributed by atoms with Crippen molar-refractivity contribution in [2.24, 2.45) is 46.1 Å². The Balaban J connectivity index is 1.22. The SMILES string of the molecule is CC1=C2C[C@H]3[C@@H](CC[C@@H]4C[C@@H](NS(N)(=O)=O)CC[C@@]43C)[C@@H]2CC[C@@]2(C1)O[C@@H]1C[C@H](C)CN[C@H]1[C@H]2C. The molecule has 7 heteroatoms. The Kier molecular flexibility index (Phi) is 6.05. The molecular weight excluding hydrogens is 458 g/mol. The van der Waals surface area contributed by atoms with Crippen LogP contribution in [0.4, 0.5) is 0 Å². The van der Waals surface area contributed by atoms with Crippen molar-refractivity contribution >= 4 is 10.2 Å². The predicted octanol–water partition coefficient (Wildman–Crippen LogP) is 4.27. The Morgan fingerprint density at radius 1 is 1.11 bits per heavy atom. The van der Waals surface area contributed by atoms with Gasteiger partial charge in [-0.3, -0.25) is 0 Å². The largest absolute Gasteiger partial charge is 0.369 e.